The van der Waals surface area contributed by atoms with Gasteiger partial charge in [0.05, 0.1) is 12.6 Å². The molecular weight excluding hydrogens is 402 g/mol. The SMILES string of the molecule is CC(O)C(NC(=O)C(CCCCN)NC(=O)C(CCC(=O)O)NC(=O)CN)C(=O)O. The highest BCUT2D eigenvalue weighted by molar-refractivity contribution is 5.93. The van der Waals surface area contributed by atoms with Crippen LogP contribution in [0.15, 0.2) is 0 Å². The van der Waals surface area contributed by atoms with Crippen LogP contribution in [-0.2, 0) is 24.0 Å². The lowest BCUT2D eigenvalue weighted by Crippen LogP contribution is -2.57. The molecule has 0 aromatic carbocycles. The van der Waals surface area contributed by atoms with E-state index in [4.69, 9.17) is 21.7 Å². The minimum absolute atomic E-state index is 0.109. The lowest BCUT2D eigenvalue weighted by Gasteiger charge is -2.25. The van der Waals surface area contributed by atoms with Crippen molar-refractivity contribution < 1.29 is 39.3 Å². The van der Waals surface area contributed by atoms with Gasteiger partial charge in [-0.2, -0.15) is 0 Å². The van der Waals surface area contributed by atoms with Crippen molar-refractivity contribution in [1.82, 2.24) is 16.0 Å². The number of carboxylic acid groups (broad SMARTS) is 2. The van der Waals surface area contributed by atoms with Crippen molar-refractivity contribution in [2.45, 2.75) is 63.3 Å². The molecule has 13 heteroatoms. The van der Waals surface area contributed by atoms with Crippen molar-refractivity contribution in [1.29, 1.82) is 0 Å². The van der Waals surface area contributed by atoms with Gasteiger partial charge in [-0.3, -0.25) is 19.2 Å². The molecule has 10 N–H and O–H groups in total. The van der Waals surface area contributed by atoms with Crippen LogP contribution >= 0.6 is 0 Å². The average Bonchev–Trinajstić information content (AvgIpc) is 2.67. The Balaban J connectivity index is 5.37. The number of nitrogens with one attached hydrogen (secondary N) is 3. The second kappa shape index (κ2) is 14.3. The number of hydrogen-bond acceptors (Lipinski definition) is 8. The fraction of sp³-hybridized carbons (Fsp3) is 0.706. The molecule has 172 valence electrons. The Morgan fingerprint density at radius 2 is 1.43 bits per heavy atom. The predicted octanol–water partition coefficient (Wildman–Crippen LogP) is -3.14. The van der Waals surface area contributed by atoms with Gasteiger partial charge in [-0.05, 0) is 39.2 Å². The van der Waals surface area contributed by atoms with Crippen LogP contribution in [0.4, 0.5) is 0 Å². The number of carbonyl (C=O) groups is 5. The van der Waals surface area contributed by atoms with Crippen LogP contribution in [0.25, 0.3) is 0 Å². The Hall–Kier alpha value is -2.77. The molecule has 4 atom stereocenters. The number of carboxylic acids is 2. The number of aliphatic hydroxyl groups excluding tert-OH is 1. The number of rotatable bonds is 15. The first kappa shape index (κ1) is 27.2. The second-order valence-corrected chi connectivity index (χ2v) is 6.67. The molecule has 0 spiro atoms. The highest BCUT2D eigenvalue weighted by Gasteiger charge is 2.31. The van der Waals surface area contributed by atoms with Crippen molar-refractivity contribution in [3.63, 3.8) is 0 Å². The Labute approximate surface area is 173 Å². The van der Waals surface area contributed by atoms with Crippen LogP contribution in [0.5, 0.6) is 0 Å². The van der Waals surface area contributed by atoms with Crippen molar-refractivity contribution in [2.75, 3.05) is 13.1 Å². The van der Waals surface area contributed by atoms with E-state index < -0.39 is 66.9 Å². The number of carbonyl (C=O) groups excluding carboxylic acids is 3. The molecule has 0 aromatic rings. The van der Waals surface area contributed by atoms with Crippen molar-refractivity contribution in [2.24, 2.45) is 11.5 Å². The van der Waals surface area contributed by atoms with Crippen molar-refractivity contribution in [3.8, 4) is 0 Å². The van der Waals surface area contributed by atoms with Gasteiger partial charge in [-0.15, -0.1) is 0 Å². The molecule has 0 saturated heterocycles. The Kier molecular flexibility index (Phi) is 12.9. The zero-order valence-corrected chi connectivity index (χ0v) is 16.8. The molecule has 0 rings (SSSR count). The largest absolute Gasteiger partial charge is 0.481 e. The first-order chi connectivity index (χ1) is 14.0. The van der Waals surface area contributed by atoms with E-state index in [0.29, 0.717) is 19.4 Å². The lowest BCUT2D eigenvalue weighted by molar-refractivity contribution is -0.145. The van der Waals surface area contributed by atoms with Gasteiger partial charge >= 0.3 is 11.9 Å². The molecular formula is C17H31N5O8. The number of hydrogen-bond donors (Lipinski definition) is 8. The van der Waals surface area contributed by atoms with Crippen LogP contribution in [0.1, 0.15) is 39.0 Å². The summed E-state index contributed by atoms with van der Waals surface area (Å²) in [7, 11) is 0. The molecule has 0 aliphatic rings. The summed E-state index contributed by atoms with van der Waals surface area (Å²) in [6.45, 7) is 1.10. The molecule has 0 saturated carbocycles. The average molecular weight is 433 g/mol. The first-order valence-electron chi connectivity index (χ1n) is 9.46. The maximum Gasteiger partial charge on any atom is 0.328 e. The molecule has 30 heavy (non-hydrogen) atoms. The molecule has 4 unspecified atom stereocenters. The van der Waals surface area contributed by atoms with Gasteiger partial charge in [-0.25, -0.2) is 4.79 Å². The fourth-order valence-electron chi connectivity index (χ4n) is 2.47. The van der Waals surface area contributed by atoms with E-state index in [1.807, 2.05) is 0 Å². The minimum atomic E-state index is -1.59. The predicted molar refractivity (Wildman–Crippen MR) is 104 cm³/mol. The lowest BCUT2D eigenvalue weighted by atomic mass is 10.1. The molecule has 0 bridgehead atoms. The smallest absolute Gasteiger partial charge is 0.328 e. The Bertz CT molecular complexity index is 613. The summed E-state index contributed by atoms with van der Waals surface area (Å²) >= 11 is 0. The van der Waals surface area contributed by atoms with E-state index in [1.54, 1.807) is 0 Å². The number of nitrogens with two attached hydrogens (primary N) is 2. The maximum absolute atomic E-state index is 12.6. The van der Waals surface area contributed by atoms with Crippen LogP contribution in [0, 0.1) is 0 Å². The Morgan fingerprint density at radius 3 is 1.90 bits per heavy atom. The zero-order valence-electron chi connectivity index (χ0n) is 16.8. The quantitative estimate of drug-likeness (QED) is 0.121. The van der Waals surface area contributed by atoms with E-state index in [-0.39, 0.29) is 12.8 Å². The molecule has 0 aromatic heterocycles. The van der Waals surface area contributed by atoms with Gasteiger partial charge in [0.1, 0.15) is 12.1 Å². The number of aliphatic hydroxyl groups is 1. The maximum atomic E-state index is 12.6. The van der Waals surface area contributed by atoms with Crippen LogP contribution in [0.2, 0.25) is 0 Å². The second-order valence-electron chi connectivity index (χ2n) is 6.67. The number of amides is 3. The normalized spacial score (nSPS) is 14.7. The van der Waals surface area contributed by atoms with Crippen LogP contribution < -0.4 is 27.4 Å². The van der Waals surface area contributed by atoms with Gasteiger partial charge in [0.2, 0.25) is 17.7 Å². The van der Waals surface area contributed by atoms with E-state index in [0.717, 1.165) is 0 Å². The summed E-state index contributed by atoms with van der Waals surface area (Å²) in [6, 6.07) is -4.04. The van der Waals surface area contributed by atoms with Gasteiger partial charge < -0.3 is 42.7 Å². The first-order valence-corrected chi connectivity index (χ1v) is 9.46. The third-order valence-corrected chi connectivity index (χ3v) is 4.11. The summed E-state index contributed by atoms with van der Waals surface area (Å²) in [5, 5.41) is 34.3. The fourth-order valence-corrected chi connectivity index (χ4v) is 2.47. The third kappa shape index (κ3) is 10.7. The van der Waals surface area contributed by atoms with Gasteiger partial charge in [0.15, 0.2) is 6.04 Å². The summed E-state index contributed by atoms with van der Waals surface area (Å²) < 4.78 is 0. The number of unbranched alkanes of at least 4 members (excludes halogenated alkanes) is 1. The van der Waals surface area contributed by atoms with Crippen molar-refractivity contribution in [3.05, 3.63) is 0 Å². The molecule has 0 aliphatic heterocycles. The highest BCUT2D eigenvalue weighted by Crippen LogP contribution is 2.06. The van der Waals surface area contributed by atoms with Crippen molar-refractivity contribution >= 4 is 29.7 Å². The van der Waals surface area contributed by atoms with Crippen LogP contribution in [-0.4, -0.2) is 82.3 Å². The molecule has 13 nitrogen and oxygen atoms in total. The van der Waals surface area contributed by atoms with E-state index in [1.165, 1.54) is 6.92 Å². The minimum Gasteiger partial charge on any atom is -0.481 e. The van der Waals surface area contributed by atoms with Gasteiger partial charge in [0.25, 0.3) is 0 Å². The molecule has 0 heterocycles. The Morgan fingerprint density at radius 1 is 0.867 bits per heavy atom. The standard InChI is InChI=1S/C17H31N5O8/c1-9(23)14(17(29)30)22-16(28)10(4-2-3-7-18)21-15(27)11(5-6-13(25)26)20-12(24)8-19/h9-11,14,23H,2-8,18-19H2,1H3,(H,20,24)(H,21,27)(H,22,28)(H,25,26)(H,29,30). The summed E-state index contributed by atoms with van der Waals surface area (Å²) in [4.78, 5) is 58.7. The highest BCUT2D eigenvalue weighted by atomic mass is 16.4. The summed E-state index contributed by atoms with van der Waals surface area (Å²) in [6.07, 6.45) is -0.983. The molecule has 0 radical (unpaired) electrons. The summed E-state index contributed by atoms with van der Waals surface area (Å²) in [5.41, 5.74) is 10.6. The number of aliphatic carboxylic acids is 2. The van der Waals surface area contributed by atoms with E-state index in [9.17, 15) is 29.1 Å². The van der Waals surface area contributed by atoms with Gasteiger partial charge in [-0.1, -0.05) is 0 Å². The topological polar surface area (TPSA) is 234 Å². The molecule has 0 fully saturated rings. The zero-order chi connectivity index (χ0) is 23.3. The van der Waals surface area contributed by atoms with Gasteiger partial charge in [0, 0.05) is 6.42 Å². The van der Waals surface area contributed by atoms with E-state index >= 15 is 0 Å². The van der Waals surface area contributed by atoms with Crippen LogP contribution in [0.3, 0.4) is 0 Å². The summed E-state index contributed by atoms with van der Waals surface area (Å²) in [5.74, 6) is -5.01. The monoisotopic (exact) mass is 433 g/mol. The third-order valence-electron chi connectivity index (χ3n) is 4.11. The molecule has 3 amide bonds. The van der Waals surface area contributed by atoms with E-state index in [2.05, 4.69) is 16.0 Å². The molecule has 0 aliphatic carbocycles.